The number of hydrogen-bond acceptors (Lipinski definition) is 5. The number of sulfonamides is 1. The van der Waals surface area contributed by atoms with E-state index in [9.17, 15) is 26.4 Å². The van der Waals surface area contributed by atoms with Crippen LogP contribution in [-0.4, -0.2) is 36.1 Å². The fourth-order valence-electron chi connectivity index (χ4n) is 4.88. The average molecular weight is 569 g/mol. The van der Waals surface area contributed by atoms with Crippen LogP contribution in [0.15, 0.2) is 90.0 Å². The highest BCUT2D eigenvalue weighted by Crippen LogP contribution is 2.30. The standard InChI is InChI=1S/C30H27F3N2O4S/c31-30(32,33)24-11-8-22(9-12-24)20-39-25-6-1-4-21(18-25)10-15-29(36)28-7-3-17-35(28)40(37,38)26-13-14-27-23(19-26)5-2-16-34-27/h1-2,4-6,8-9,11-14,16,18-19,28H,3,7,10,15,17,20H2/t28-/m0/s1. The van der Waals surface area contributed by atoms with E-state index in [0.29, 0.717) is 41.5 Å². The van der Waals surface area contributed by atoms with Gasteiger partial charge in [0.15, 0.2) is 5.78 Å². The number of hydrogen-bond donors (Lipinski definition) is 0. The van der Waals surface area contributed by atoms with Gasteiger partial charge in [-0.25, -0.2) is 8.42 Å². The maximum Gasteiger partial charge on any atom is 0.416 e. The first-order chi connectivity index (χ1) is 19.1. The van der Waals surface area contributed by atoms with E-state index in [1.807, 2.05) is 6.07 Å². The third kappa shape index (κ3) is 6.18. The van der Waals surface area contributed by atoms with Crippen molar-refractivity contribution in [1.29, 1.82) is 0 Å². The van der Waals surface area contributed by atoms with Crippen molar-refractivity contribution in [3.05, 3.63) is 102 Å². The van der Waals surface area contributed by atoms with Gasteiger partial charge in [0.2, 0.25) is 10.0 Å². The number of halogens is 3. The highest BCUT2D eigenvalue weighted by molar-refractivity contribution is 7.89. The second kappa shape index (κ2) is 11.4. The first kappa shape index (κ1) is 27.8. The van der Waals surface area contributed by atoms with E-state index in [0.717, 1.165) is 17.7 Å². The largest absolute Gasteiger partial charge is 0.489 e. The van der Waals surface area contributed by atoms with Crippen LogP contribution in [0.3, 0.4) is 0 Å². The van der Waals surface area contributed by atoms with Gasteiger partial charge < -0.3 is 4.74 Å². The van der Waals surface area contributed by atoms with Crippen LogP contribution in [-0.2, 0) is 34.0 Å². The molecule has 0 saturated carbocycles. The first-order valence-corrected chi connectivity index (χ1v) is 14.3. The van der Waals surface area contributed by atoms with E-state index >= 15 is 0 Å². The van der Waals surface area contributed by atoms with Crippen molar-refractivity contribution in [3.8, 4) is 5.75 Å². The number of rotatable bonds is 9. The molecular weight excluding hydrogens is 541 g/mol. The van der Waals surface area contributed by atoms with E-state index in [4.69, 9.17) is 4.74 Å². The van der Waals surface area contributed by atoms with E-state index < -0.39 is 27.8 Å². The van der Waals surface area contributed by atoms with Gasteiger partial charge in [-0.05, 0) is 78.9 Å². The molecule has 0 amide bonds. The lowest BCUT2D eigenvalue weighted by Gasteiger charge is -2.23. The Balaban J connectivity index is 1.20. The summed E-state index contributed by atoms with van der Waals surface area (Å²) in [6.07, 6.45) is -1.09. The van der Waals surface area contributed by atoms with Gasteiger partial charge in [-0.1, -0.05) is 30.3 Å². The number of carbonyl (C=O) groups is 1. The summed E-state index contributed by atoms with van der Waals surface area (Å²) in [5.74, 6) is 0.389. The number of aromatic nitrogens is 1. The molecule has 1 saturated heterocycles. The predicted molar refractivity (Wildman–Crippen MR) is 144 cm³/mol. The maximum absolute atomic E-state index is 13.4. The minimum absolute atomic E-state index is 0.0975. The Hall–Kier alpha value is -3.76. The molecule has 0 spiro atoms. The van der Waals surface area contributed by atoms with E-state index in [-0.39, 0.29) is 30.3 Å². The number of aryl methyl sites for hydroxylation is 1. The Kier molecular flexibility index (Phi) is 7.91. The summed E-state index contributed by atoms with van der Waals surface area (Å²) < 4.78 is 72.2. The molecule has 0 aliphatic carbocycles. The Morgan fingerprint density at radius 1 is 0.975 bits per heavy atom. The molecule has 3 aromatic carbocycles. The highest BCUT2D eigenvalue weighted by Gasteiger charge is 2.39. The molecule has 1 aliphatic rings. The number of pyridine rings is 1. The number of alkyl halides is 3. The van der Waals surface area contributed by atoms with Crippen LogP contribution in [0.25, 0.3) is 10.9 Å². The van der Waals surface area contributed by atoms with Gasteiger partial charge >= 0.3 is 6.18 Å². The van der Waals surface area contributed by atoms with Crippen molar-refractivity contribution >= 4 is 26.7 Å². The molecule has 10 heteroatoms. The minimum Gasteiger partial charge on any atom is -0.489 e. The average Bonchev–Trinajstić information content (AvgIpc) is 3.46. The Morgan fingerprint density at radius 2 is 1.77 bits per heavy atom. The molecule has 2 heterocycles. The predicted octanol–water partition coefficient (Wildman–Crippen LogP) is 6.19. The molecule has 208 valence electrons. The summed E-state index contributed by atoms with van der Waals surface area (Å²) in [5.41, 5.74) is 1.42. The molecule has 40 heavy (non-hydrogen) atoms. The van der Waals surface area contributed by atoms with Gasteiger partial charge in [-0.15, -0.1) is 0 Å². The summed E-state index contributed by atoms with van der Waals surface area (Å²) in [5, 5.41) is 0.714. The van der Waals surface area contributed by atoms with E-state index in [1.165, 1.54) is 22.5 Å². The molecule has 6 nitrogen and oxygen atoms in total. The normalized spacial score (nSPS) is 16.3. The van der Waals surface area contributed by atoms with Crippen LogP contribution in [0.1, 0.15) is 36.0 Å². The van der Waals surface area contributed by atoms with Crippen molar-refractivity contribution in [2.45, 2.75) is 49.4 Å². The SMILES string of the molecule is O=C(CCc1cccc(OCc2ccc(C(F)(F)F)cc2)c1)[C@@H]1CCCN1S(=O)(=O)c1ccc2ncccc2c1. The molecule has 0 N–H and O–H groups in total. The number of benzene rings is 3. The Morgan fingerprint density at radius 3 is 2.55 bits per heavy atom. The van der Waals surface area contributed by atoms with Crippen LogP contribution in [0.5, 0.6) is 5.75 Å². The lowest BCUT2D eigenvalue weighted by atomic mass is 10.0. The number of nitrogens with zero attached hydrogens (tertiary/aromatic N) is 2. The summed E-state index contributed by atoms with van der Waals surface area (Å²) in [6, 6.07) is 19.6. The van der Waals surface area contributed by atoms with Gasteiger partial charge in [-0.3, -0.25) is 9.78 Å². The van der Waals surface area contributed by atoms with Crippen LogP contribution >= 0.6 is 0 Å². The lowest BCUT2D eigenvalue weighted by molar-refractivity contribution is -0.137. The number of carbonyl (C=O) groups excluding carboxylic acids is 1. The zero-order chi connectivity index (χ0) is 28.3. The van der Waals surface area contributed by atoms with E-state index in [2.05, 4.69) is 4.98 Å². The van der Waals surface area contributed by atoms with Gasteiger partial charge in [0, 0.05) is 24.5 Å². The Labute approximate surface area is 230 Å². The molecule has 1 fully saturated rings. The summed E-state index contributed by atoms with van der Waals surface area (Å²) in [7, 11) is -3.86. The summed E-state index contributed by atoms with van der Waals surface area (Å²) >= 11 is 0. The number of fused-ring (bicyclic) bond motifs is 1. The third-order valence-electron chi connectivity index (χ3n) is 7.00. The zero-order valence-corrected chi connectivity index (χ0v) is 22.3. The summed E-state index contributed by atoms with van der Waals surface area (Å²) in [6.45, 7) is 0.386. The fourth-order valence-corrected chi connectivity index (χ4v) is 6.59. The van der Waals surface area contributed by atoms with Crippen LogP contribution < -0.4 is 4.74 Å². The van der Waals surface area contributed by atoms with Crippen molar-refractivity contribution < 1.29 is 31.1 Å². The van der Waals surface area contributed by atoms with Crippen molar-refractivity contribution in [3.63, 3.8) is 0 Å². The van der Waals surface area contributed by atoms with Gasteiger partial charge in [0.05, 0.1) is 22.0 Å². The molecule has 0 unspecified atom stereocenters. The zero-order valence-electron chi connectivity index (χ0n) is 21.5. The number of Topliss-reactive ketones (excluding diaryl/α,β-unsaturated/α-hetero) is 1. The molecule has 5 rings (SSSR count). The molecule has 1 aromatic heterocycles. The second-order valence-corrected chi connectivity index (χ2v) is 11.6. The molecular formula is C30H27F3N2O4S. The number of ketones is 1. The lowest BCUT2D eigenvalue weighted by Crippen LogP contribution is -2.40. The van der Waals surface area contributed by atoms with Crippen molar-refractivity contribution in [2.24, 2.45) is 0 Å². The van der Waals surface area contributed by atoms with Gasteiger partial charge in [0.25, 0.3) is 0 Å². The van der Waals surface area contributed by atoms with Gasteiger partial charge in [-0.2, -0.15) is 17.5 Å². The van der Waals surface area contributed by atoms with Crippen LogP contribution in [0, 0.1) is 0 Å². The molecule has 1 aliphatic heterocycles. The van der Waals surface area contributed by atoms with Crippen LogP contribution in [0.4, 0.5) is 13.2 Å². The van der Waals surface area contributed by atoms with Crippen molar-refractivity contribution in [2.75, 3.05) is 6.54 Å². The van der Waals surface area contributed by atoms with Gasteiger partial charge in [0.1, 0.15) is 12.4 Å². The van der Waals surface area contributed by atoms with E-state index in [1.54, 1.807) is 48.7 Å². The maximum atomic E-state index is 13.4. The summed E-state index contributed by atoms with van der Waals surface area (Å²) in [4.78, 5) is 17.6. The third-order valence-corrected chi connectivity index (χ3v) is 8.91. The van der Waals surface area contributed by atoms with Crippen LogP contribution in [0.2, 0.25) is 0 Å². The Bertz CT molecular complexity index is 1620. The topological polar surface area (TPSA) is 76.6 Å². The first-order valence-electron chi connectivity index (χ1n) is 12.9. The molecule has 1 atom stereocenters. The molecule has 0 bridgehead atoms. The second-order valence-electron chi connectivity index (χ2n) is 9.73. The smallest absolute Gasteiger partial charge is 0.416 e. The monoisotopic (exact) mass is 568 g/mol. The number of ether oxygens (including phenoxy) is 1. The quantitative estimate of drug-likeness (QED) is 0.241. The highest BCUT2D eigenvalue weighted by atomic mass is 32.2. The molecule has 4 aromatic rings. The molecule has 0 radical (unpaired) electrons. The van der Waals surface area contributed by atoms with Crippen molar-refractivity contribution in [1.82, 2.24) is 9.29 Å². The fraction of sp³-hybridized carbons (Fsp3) is 0.267. The minimum atomic E-state index is -4.39.